The van der Waals surface area contributed by atoms with Gasteiger partial charge in [-0.05, 0) is 91.8 Å². The zero-order valence-corrected chi connectivity index (χ0v) is 25.4. The first-order chi connectivity index (χ1) is 20.3. The minimum absolute atomic E-state index is 0.0391. The number of ether oxygens (including phenoxy) is 2. The molecule has 9 nitrogen and oxygen atoms in total. The van der Waals surface area contributed by atoms with Crippen molar-refractivity contribution in [1.82, 2.24) is 10.0 Å². The van der Waals surface area contributed by atoms with Crippen LogP contribution in [0.15, 0.2) is 36.4 Å². The van der Waals surface area contributed by atoms with Gasteiger partial charge >= 0.3 is 0 Å². The van der Waals surface area contributed by atoms with Gasteiger partial charge in [-0.3, -0.25) is 4.79 Å². The molecule has 0 saturated heterocycles. The molecule has 4 atom stereocenters. The number of sulfonamides is 1. The second-order valence-corrected chi connectivity index (χ2v) is 14.5. The Hall–Kier alpha value is -2.37. The summed E-state index contributed by atoms with van der Waals surface area (Å²) < 4.78 is 40.1. The summed E-state index contributed by atoms with van der Waals surface area (Å²) in [5.41, 5.74) is 3.37. The topological polar surface area (TPSA) is 117 Å². The highest BCUT2D eigenvalue weighted by Crippen LogP contribution is 2.46. The summed E-state index contributed by atoms with van der Waals surface area (Å²) in [4.78, 5) is 15.5. The van der Waals surface area contributed by atoms with Crippen molar-refractivity contribution < 1.29 is 27.8 Å². The van der Waals surface area contributed by atoms with Crippen LogP contribution in [0.2, 0.25) is 5.02 Å². The number of rotatable bonds is 3. The van der Waals surface area contributed by atoms with Crippen molar-refractivity contribution in [1.29, 1.82) is 0 Å². The van der Waals surface area contributed by atoms with Crippen molar-refractivity contribution in [3.8, 4) is 5.75 Å². The molecule has 1 saturated carbocycles. The molecule has 228 valence electrons. The smallest absolute Gasteiger partial charge is 0.264 e. The molecule has 3 N–H and O–H groups in total. The second kappa shape index (κ2) is 12.3. The summed E-state index contributed by atoms with van der Waals surface area (Å²) in [6.07, 6.45) is 5.39. The van der Waals surface area contributed by atoms with Crippen LogP contribution in [0.5, 0.6) is 5.75 Å². The molecule has 2 heterocycles. The van der Waals surface area contributed by atoms with E-state index in [1.165, 1.54) is 11.1 Å². The number of aliphatic hydroxyl groups excluding tert-OH is 1. The third-order valence-electron chi connectivity index (χ3n) is 9.51. The zero-order valence-electron chi connectivity index (χ0n) is 23.8. The van der Waals surface area contributed by atoms with Gasteiger partial charge in [0.25, 0.3) is 5.91 Å². The molecular formula is C31H40ClN3O6S. The lowest BCUT2D eigenvalue weighted by atomic mass is 9.68. The average molecular weight is 618 g/mol. The third kappa shape index (κ3) is 6.15. The van der Waals surface area contributed by atoms with Gasteiger partial charge in [-0.25, -0.2) is 13.1 Å². The average Bonchev–Trinajstić information content (AvgIpc) is 3.09. The van der Waals surface area contributed by atoms with Crippen LogP contribution >= 0.6 is 11.6 Å². The van der Waals surface area contributed by atoms with Gasteiger partial charge in [0.05, 0.1) is 31.3 Å². The number of nitrogens with zero attached hydrogens (tertiary/aromatic N) is 1. The van der Waals surface area contributed by atoms with E-state index in [0.29, 0.717) is 43.9 Å². The number of nitrogens with one attached hydrogen (secondary N) is 2. The summed E-state index contributed by atoms with van der Waals surface area (Å²) in [7, 11) is -3.83. The van der Waals surface area contributed by atoms with E-state index in [1.807, 2.05) is 6.07 Å². The number of benzene rings is 2. The van der Waals surface area contributed by atoms with Crippen LogP contribution in [-0.4, -0.2) is 77.3 Å². The lowest BCUT2D eigenvalue weighted by molar-refractivity contribution is 0.0442. The Kier molecular flexibility index (Phi) is 8.71. The molecular weight excluding hydrogens is 578 g/mol. The first kappa shape index (κ1) is 29.7. The standard InChI is InChI=1S/C31H40ClN3O6S/c32-24-6-8-26-21(15-24)3-1-10-31(26)19-35-17-23-4-7-25(23)27(33-11-12-36)18-40-13-2-14-42(38,39)34-30(37)22-5-9-29(41-20-31)28(35)16-22/h5-6,8-9,15-16,23,25,27,33,36H,1-4,7,10-14,17-20H2,(H,34,37)/t23-,25+,27+,31-/m0/s1. The highest BCUT2D eigenvalue weighted by molar-refractivity contribution is 7.90. The Balaban J connectivity index is 1.39. The van der Waals surface area contributed by atoms with E-state index in [-0.39, 0.29) is 42.4 Å². The largest absolute Gasteiger partial charge is 0.490 e. The Labute approximate surface area is 253 Å². The number of aryl methyl sites for hydroxylation is 1. The number of hydrogen-bond acceptors (Lipinski definition) is 8. The van der Waals surface area contributed by atoms with Crippen molar-refractivity contribution in [2.75, 3.05) is 56.7 Å². The minimum atomic E-state index is -3.83. The molecule has 2 aliphatic carbocycles. The Morgan fingerprint density at radius 1 is 1.17 bits per heavy atom. The van der Waals surface area contributed by atoms with Crippen LogP contribution in [0.25, 0.3) is 0 Å². The summed E-state index contributed by atoms with van der Waals surface area (Å²) in [6.45, 7) is 3.22. The van der Waals surface area contributed by atoms with Gasteiger partial charge in [-0.2, -0.15) is 0 Å². The zero-order chi connectivity index (χ0) is 29.3. The molecule has 0 unspecified atom stereocenters. The molecule has 2 bridgehead atoms. The maximum Gasteiger partial charge on any atom is 0.264 e. The van der Waals surface area contributed by atoms with Crippen molar-refractivity contribution in [3.63, 3.8) is 0 Å². The van der Waals surface area contributed by atoms with Gasteiger partial charge in [-0.1, -0.05) is 17.7 Å². The van der Waals surface area contributed by atoms with E-state index >= 15 is 0 Å². The van der Waals surface area contributed by atoms with Gasteiger partial charge in [0.2, 0.25) is 10.0 Å². The quantitative estimate of drug-likeness (QED) is 0.481. The number of fused-ring (bicyclic) bond motifs is 4. The molecule has 1 spiro atoms. The predicted molar refractivity (Wildman–Crippen MR) is 162 cm³/mol. The van der Waals surface area contributed by atoms with Gasteiger partial charge < -0.3 is 24.8 Å². The van der Waals surface area contributed by atoms with Crippen molar-refractivity contribution in [2.45, 2.75) is 50.0 Å². The lowest BCUT2D eigenvalue weighted by Crippen LogP contribution is -2.53. The number of hydrogen-bond donors (Lipinski definition) is 3. The van der Waals surface area contributed by atoms with Crippen LogP contribution in [0.4, 0.5) is 5.69 Å². The Morgan fingerprint density at radius 3 is 2.86 bits per heavy atom. The molecule has 2 aromatic carbocycles. The fraction of sp³-hybridized carbons (Fsp3) is 0.581. The van der Waals surface area contributed by atoms with Gasteiger partial charge in [0, 0.05) is 48.3 Å². The normalized spacial score (nSPS) is 29.3. The predicted octanol–water partition coefficient (Wildman–Crippen LogP) is 3.27. The molecule has 11 heteroatoms. The van der Waals surface area contributed by atoms with Crippen molar-refractivity contribution in [2.24, 2.45) is 11.8 Å². The van der Waals surface area contributed by atoms with Gasteiger partial charge in [-0.15, -0.1) is 0 Å². The van der Waals surface area contributed by atoms with E-state index < -0.39 is 15.9 Å². The fourth-order valence-corrected chi connectivity index (χ4v) is 8.48. The van der Waals surface area contributed by atoms with E-state index in [9.17, 15) is 18.3 Å². The molecule has 1 amide bonds. The molecule has 0 aromatic heterocycles. The number of halogens is 1. The number of aliphatic hydroxyl groups is 1. The summed E-state index contributed by atoms with van der Waals surface area (Å²) in [6, 6.07) is 11.5. The third-order valence-corrected chi connectivity index (χ3v) is 11.1. The SMILES string of the molecule is O=C1NS(=O)(=O)CCCOC[C@@H](NCCO)[C@@H]2CC[C@H]2CN2C[C@@]3(CCCc4cc(Cl)ccc43)COc3ccc1cc32. The van der Waals surface area contributed by atoms with E-state index in [4.69, 9.17) is 21.1 Å². The molecule has 1 fully saturated rings. The first-order valence-electron chi connectivity index (χ1n) is 15.0. The van der Waals surface area contributed by atoms with E-state index in [2.05, 4.69) is 27.1 Å². The number of anilines is 1. The maximum atomic E-state index is 13.1. The number of amides is 1. The first-order valence-corrected chi connectivity index (χ1v) is 17.1. The van der Waals surface area contributed by atoms with E-state index in [0.717, 1.165) is 49.4 Å². The van der Waals surface area contributed by atoms with Crippen LogP contribution < -0.4 is 19.7 Å². The molecule has 6 rings (SSSR count). The van der Waals surface area contributed by atoms with Crippen LogP contribution in [0.1, 0.15) is 53.6 Å². The van der Waals surface area contributed by atoms with Crippen molar-refractivity contribution in [3.05, 3.63) is 58.1 Å². The second-order valence-electron chi connectivity index (χ2n) is 12.3. The lowest BCUT2D eigenvalue weighted by Gasteiger charge is -2.47. The summed E-state index contributed by atoms with van der Waals surface area (Å²) in [5.74, 6) is 0.582. The molecule has 4 aliphatic rings. The van der Waals surface area contributed by atoms with Crippen LogP contribution in [0, 0.1) is 11.8 Å². The van der Waals surface area contributed by atoms with Crippen LogP contribution in [0.3, 0.4) is 0 Å². The van der Waals surface area contributed by atoms with Gasteiger partial charge in [0.15, 0.2) is 0 Å². The minimum Gasteiger partial charge on any atom is -0.490 e. The molecule has 0 radical (unpaired) electrons. The van der Waals surface area contributed by atoms with Crippen LogP contribution in [-0.2, 0) is 26.6 Å². The fourth-order valence-electron chi connectivity index (χ4n) is 7.29. The molecule has 2 aromatic rings. The Bertz CT molecular complexity index is 1420. The summed E-state index contributed by atoms with van der Waals surface area (Å²) in [5, 5.41) is 13.7. The summed E-state index contributed by atoms with van der Waals surface area (Å²) >= 11 is 6.39. The monoisotopic (exact) mass is 617 g/mol. The van der Waals surface area contributed by atoms with Crippen molar-refractivity contribution >= 4 is 33.2 Å². The maximum absolute atomic E-state index is 13.1. The van der Waals surface area contributed by atoms with E-state index in [1.54, 1.807) is 18.2 Å². The molecule has 2 aliphatic heterocycles. The number of carbonyl (C=O) groups excluding carboxylic acids is 1. The van der Waals surface area contributed by atoms with Gasteiger partial charge in [0.1, 0.15) is 5.75 Å². The highest BCUT2D eigenvalue weighted by Gasteiger charge is 2.44. The Morgan fingerprint density at radius 2 is 2.05 bits per heavy atom. The molecule has 42 heavy (non-hydrogen) atoms. The highest BCUT2D eigenvalue weighted by atomic mass is 35.5. The number of carbonyl (C=O) groups is 1.